The number of halogens is 1. The molecule has 1 aromatic rings. The maximum atomic E-state index is 12.3. The van der Waals surface area contributed by atoms with Crippen molar-refractivity contribution in [2.75, 3.05) is 31.5 Å². The summed E-state index contributed by atoms with van der Waals surface area (Å²) in [5.74, 6) is 0.504. The van der Waals surface area contributed by atoms with Gasteiger partial charge in [-0.3, -0.25) is 14.5 Å². The SMILES string of the molecule is CC(C)(C)CCNC(=O)CN1CCC(C(=O)Nc2ccc(Cl)cn2)CC1. The van der Waals surface area contributed by atoms with E-state index in [9.17, 15) is 9.59 Å². The summed E-state index contributed by atoms with van der Waals surface area (Å²) in [6.45, 7) is 9.09. The molecule has 0 bridgehead atoms. The number of carbonyl (C=O) groups excluding carboxylic acids is 2. The Bertz CT molecular complexity index is 605. The van der Waals surface area contributed by atoms with Crippen molar-refractivity contribution in [3.8, 4) is 0 Å². The molecule has 1 aliphatic heterocycles. The summed E-state index contributed by atoms with van der Waals surface area (Å²) < 4.78 is 0. The first kappa shape index (κ1) is 20.6. The summed E-state index contributed by atoms with van der Waals surface area (Å²) in [7, 11) is 0. The molecule has 0 aliphatic carbocycles. The third-order valence-electron chi connectivity index (χ3n) is 4.50. The van der Waals surface area contributed by atoms with Gasteiger partial charge in [0.1, 0.15) is 5.82 Å². The highest BCUT2D eigenvalue weighted by Crippen LogP contribution is 2.20. The molecule has 1 saturated heterocycles. The number of hydrogen-bond donors (Lipinski definition) is 2. The van der Waals surface area contributed by atoms with Crippen LogP contribution in [0.15, 0.2) is 18.3 Å². The van der Waals surface area contributed by atoms with Crippen molar-refractivity contribution in [1.82, 2.24) is 15.2 Å². The van der Waals surface area contributed by atoms with Gasteiger partial charge in [0.15, 0.2) is 0 Å². The standard InChI is InChI=1S/C19H29ClN4O2/c1-19(2,3)8-9-21-17(25)13-24-10-6-14(7-11-24)18(26)23-16-5-4-15(20)12-22-16/h4-5,12,14H,6-11,13H2,1-3H3,(H,21,25)(H,22,23,26). The fraction of sp³-hybridized carbons (Fsp3) is 0.632. The van der Waals surface area contributed by atoms with Gasteiger partial charge in [0.05, 0.1) is 11.6 Å². The van der Waals surface area contributed by atoms with Crippen molar-refractivity contribution in [1.29, 1.82) is 0 Å². The molecule has 2 amide bonds. The van der Waals surface area contributed by atoms with Crippen LogP contribution in [0.4, 0.5) is 5.82 Å². The molecule has 7 heteroatoms. The molecule has 6 nitrogen and oxygen atoms in total. The van der Waals surface area contributed by atoms with Crippen molar-refractivity contribution in [3.05, 3.63) is 23.4 Å². The Hall–Kier alpha value is -1.66. The quantitative estimate of drug-likeness (QED) is 0.795. The summed E-state index contributed by atoms with van der Waals surface area (Å²) in [6.07, 6.45) is 3.96. The Balaban J connectivity index is 1.68. The van der Waals surface area contributed by atoms with Gasteiger partial charge >= 0.3 is 0 Å². The number of nitrogens with zero attached hydrogens (tertiary/aromatic N) is 2. The van der Waals surface area contributed by atoms with Gasteiger partial charge in [-0.1, -0.05) is 32.4 Å². The number of anilines is 1. The number of aromatic nitrogens is 1. The van der Waals surface area contributed by atoms with E-state index in [0.29, 0.717) is 23.9 Å². The highest BCUT2D eigenvalue weighted by Gasteiger charge is 2.26. The van der Waals surface area contributed by atoms with Crippen molar-refractivity contribution >= 4 is 29.2 Å². The van der Waals surface area contributed by atoms with Crippen LogP contribution in [-0.2, 0) is 9.59 Å². The monoisotopic (exact) mass is 380 g/mol. The molecule has 1 fully saturated rings. The largest absolute Gasteiger partial charge is 0.355 e. The summed E-state index contributed by atoms with van der Waals surface area (Å²) in [5, 5.41) is 6.35. The molecule has 2 N–H and O–H groups in total. The van der Waals surface area contributed by atoms with Crippen molar-refractivity contribution in [3.63, 3.8) is 0 Å². The average Bonchev–Trinajstić information content (AvgIpc) is 2.56. The minimum atomic E-state index is -0.0484. The van der Waals surface area contributed by atoms with E-state index in [2.05, 4.69) is 41.3 Å². The molecule has 0 saturated carbocycles. The highest BCUT2D eigenvalue weighted by atomic mass is 35.5. The van der Waals surface area contributed by atoms with Gasteiger partial charge in [-0.15, -0.1) is 0 Å². The third kappa shape index (κ3) is 7.30. The summed E-state index contributed by atoms with van der Waals surface area (Å²) in [4.78, 5) is 30.6. The number of pyridine rings is 1. The Labute approximate surface area is 160 Å². The zero-order valence-electron chi connectivity index (χ0n) is 15.8. The number of carbonyl (C=O) groups is 2. The lowest BCUT2D eigenvalue weighted by molar-refractivity contribution is -0.123. The lowest BCUT2D eigenvalue weighted by atomic mass is 9.92. The molecule has 144 valence electrons. The number of amides is 2. The van der Waals surface area contributed by atoms with Crippen molar-refractivity contribution in [2.45, 2.75) is 40.0 Å². The van der Waals surface area contributed by atoms with Crippen LogP contribution in [0.5, 0.6) is 0 Å². The first-order valence-corrected chi connectivity index (χ1v) is 9.52. The molecule has 0 aromatic carbocycles. The Morgan fingerprint density at radius 1 is 1.27 bits per heavy atom. The lowest BCUT2D eigenvalue weighted by Gasteiger charge is -2.30. The summed E-state index contributed by atoms with van der Waals surface area (Å²) in [5.41, 5.74) is 0.220. The van der Waals surface area contributed by atoms with E-state index >= 15 is 0 Å². The minimum Gasteiger partial charge on any atom is -0.355 e. The smallest absolute Gasteiger partial charge is 0.234 e. The predicted molar refractivity (Wildman–Crippen MR) is 104 cm³/mol. The second-order valence-corrected chi connectivity index (χ2v) is 8.50. The van der Waals surface area contributed by atoms with Crippen LogP contribution in [0.1, 0.15) is 40.0 Å². The van der Waals surface area contributed by atoms with E-state index in [1.54, 1.807) is 12.1 Å². The number of nitrogens with one attached hydrogen (secondary N) is 2. The van der Waals surface area contributed by atoms with E-state index in [-0.39, 0.29) is 23.1 Å². The molecule has 0 radical (unpaired) electrons. The number of likely N-dealkylation sites (tertiary alicyclic amines) is 1. The summed E-state index contributed by atoms with van der Waals surface area (Å²) in [6, 6.07) is 3.39. The topological polar surface area (TPSA) is 74.3 Å². The molecule has 2 rings (SSSR count). The fourth-order valence-electron chi connectivity index (χ4n) is 2.87. The normalized spacial score (nSPS) is 16.3. The first-order chi connectivity index (χ1) is 12.2. The zero-order chi connectivity index (χ0) is 19.2. The number of hydrogen-bond acceptors (Lipinski definition) is 4. The molecule has 2 heterocycles. The van der Waals surface area contributed by atoms with Crippen LogP contribution < -0.4 is 10.6 Å². The van der Waals surface area contributed by atoms with Crippen LogP contribution in [0.2, 0.25) is 5.02 Å². The Morgan fingerprint density at radius 3 is 2.54 bits per heavy atom. The lowest BCUT2D eigenvalue weighted by Crippen LogP contribution is -2.43. The molecule has 0 atom stereocenters. The van der Waals surface area contributed by atoms with Crippen molar-refractivity contribution in [2.24, 2.45) is 11.3 Å². The predicted octanol–water partition coefficient (Wildman–Crippen LogP) is 2.94. The van der Waals surface area contributed by atoms with Gasteiger partial charge in [0, 0.05) is 18.7 Å². The highest BCUT2D eigenvalue weighted by molar-refractivity contribution is 6.30. The van der Waals surface area contributed by atoms with E-state index in [4.69, 9.17) is 11.6 Å². The Kier molecular flexibility index (Phi) is 7.41. The number of piperidine rings is 1. The van der Waals surface area contributed by atoms with Gasteiger partial charge in [-0.2, -0.15) is 0 Å². The average molecular weight is 381 g/mol. The van der Waals surface area contributed by atoms with Gasteiger partial charge < -0.3 is 10.6 Å². The van der Waals surface area contributed by atoms with Gasteiger partial charge in [0.25, 0.3) is 0 Å². The molecule has 0 unspecified atom stereocenters. The van der Waals surface area contributed by atoms with Gasteiger partial charge in [-0.05, 0) is 49.9 Å². The maximum Gasteiger partial charge on any atom is 0.234 e. The van der Waals surface area contributed by atoms with E-state index in [1.807, 2.05) is 0 Å². The maximum absolute atomic E-state index is 12.3. The van der Waals surface area contributed by atoms with E-state index < -0.39 is 0 Å². The van der Waals surface area contributed by atoms with Crippen LogP contribution in [0, 0.1) is 11.3 Å². The summed E-state index contributed by atoms with van der Waals surface area (Å²) >= 11 is 5.79. The first-order valence-electron chi connectivity index (χ1n) is 9.14. The Morgan fingerprint density at radius 2 is 1.96 bits per heavy atom. The van der Waals surface area contributed by atoms with Crippen LogP contribution >= 0.6 is 11.6 Å². The van der Waals surface area contributed by atoms with Crippen LogP contribution in [0.25, 0.3) is 0 Å². The molecule has 1 aromatic heterocycles. The molecule has 0 spiro atoms. The molecular formula is C19H29ClN4O2. The number of rotatable bonds is 6. The van der Waals surface area contributed by atoms with Crippen molar-refractivity contribution < 1.29 is 9.59 Å². The second-order valence-electron chi connectivity index (χ2n) is 8.06. The van der Waals surface area contributed by atoms with E-state index in [1.165, 1.54) is 6.20 Å². The molecular weight excluding hydrogens is 352 g/mol. The van der Waals surface area contributed by atoms with Crippen LogP contribution in [-0.4, -0.2) is 47.9 Å². The minimum absolute atomic E-state index is 0.0194. The second kappa shape index (κ2) is 9.33. The molecule has 1 aliphatic rings. The zero-order valence-corrected chi connectivity index (χ0v) is 16.6. The van der Waals surface area contributed by atoms with Crippen LogP contribution in [0.3, 0.4) is 0 Å². The third-order valence-corrected chi connectivity index (χ3v) is 4.72. The van der Waals surface area contributed by atoms with E-state index in [0.717, 1.165) is 32.4 Å². The fourth-order valence-corrected chi connectivity index (χ4v) is 2.98. The van der Waals surface area contributed by atoms with Gasteiger partial charge in [-0.25, -0.2) is 4.98 Å². The van der Waals surface area contributed by atoms with Gasteiger partial charge in [0.2, 0.25) is 11.8 Å². The molecule has 26 heavy (non-hydrogen) atoms.